The van der Waals surface area contributed by atoms with E-state index in [4.69, 9.17) is 0 Å². The van der Waals surface area contributed by atoms with Gasteiger partial charge in [-0.1, -0.05) is 78.4 Å². The molecule has 124 valence electrons. The summed E-state index contributed by atoms with van der Waals surface area (Å²) in [4.78, 5) is 3.58. The Morgan fingerprint density at radius 1 is 0.577 bits per heavy atom. The van der Waals surface area contributed by atoms with Crippen LogP contribution in [0, 0.1) is 6.92 Å². The first kappa shape index (κ1) is 15.0. The Morgan fingerprint density at radius 2 is 1.35 bits per heavy atom. The van der Waals surface area contributed by atoms with E-state index < -0.39 is 0 Å². The van der Waals surface area contributed by atoms with Gasteiger partial charge in [-0.05, 0) is 47.4 Å². The summed E-state index contributed by atoms with van der Waals surface area (Å²) in [6, 6.07) is 32.5. The van der Waals surface area contributed by atoms with Crippen LogP contribution in [0.1, 0.15) is 5.56 Å². The summed E-state index contributed by atoms with van der Waals surface area (Å²) in [5.74, 6) is 0. The van der Waals surface area contributed by atoms with E-state index in [0.29, 0.717) is 0 Å². The van der Waals surface area contributed by atoms with Crippen LogP contribution in [0.3, 0.4) is 0 Å². The summed E-state index contributed by atoms with van der Waals surface area (Å²) in [6.07, 6.45) is 0. The van der Waals surface area contributed by atoms with Gasteiger partial charge in [-0.25, -0.2) is 0 Å². The van der Waals surface area contributed by atoms with E-state index in [1.807, 2.05) is 0 Å². The quantitative estimate of drug-likeness (QED) is 0.359. The Balaban J connectivity index is 1.80. The summed E-state index contributed by atoms with van der Waals surface area (Å²) in [7, 11) is 0. The highest BCUT2D eigenvalue weighted by atomic mass is 14.7. The van der Waals surface area contributed by atoms with Crippen LogP contribution in [0.2, 0.25) is 0 Å². The zero-order valence-electron chi connectivity index (χ0n) is 14.7. The van der Waals surface area contributed by atoms with E-state index in [1.54, 1.807) is 0 Å². The lowest BCUT2D eigenvalue weighted by Gasteiger charge is -2.06. The third kappa shape index (κ3) is 2.41. The van der Waals surface area contributed by atoms with Crippen LogP contribution < -0.4 is 0 Å². The maximum Gasteiger partial charge on any atom is 0.0471 e. The molecule has 5 rings (SSSR count). The molecule has 1 nitrogen and oxygen atoms in total. The molecular formula is C25H19N. The Bertz CT molecular complexity index is 1210. The number of aromatic amines is 1. The van der Waals surface area contributed by atoms with Crippen molar-refractivity contribution in [3.05, 3.63) is 96.6 Å². The van der Waals surface area contributed by atoms with Crippen LogP contribution in [0.4, 0.5) is 0 Å². The van der Waals surface area contributed by atoms with Crippen LogP contribution in [-0.4, -0.2) is 4.98 Å². The van der Waals surface area contributed by atoms with Crippen molar-refractivity contribution in [1.82, 2.24) is 4.98 Å². The predicted octanol–water partition coefficient (Wildman–Crippen LogP) is 6.96. The third-order valence-electron chi connectivity index (χ3n) is 5.09. The molecule has 0 amide bonds. The van der Waals surface area contributed by atoms with Crippen molar-refractivity contribution in [1.29, 1.82) is 0 Å². The molecule has 0 unspecified atom stereocenters. The Labute approximate surface area is 152 Å². The summed E-state index contributed by atoms with van der Waals surface area (Å²) in [5, 5.41) is 2.57. The first-order valence-electron chi connectivity index (χ1n) is 8.96. The van der Waals surface area contributed by atoms with E-state index in [0.717, 1.165) is 0 Å². The van der Waals surface area contributed by atoms with Crippen LogP contribution in [0.25, 0.3) is 44.1 Å². The van der Waals surface area contributed by atoms with Gasteiger partial charge in [-0.2, -0.15) is 0 Å². The average molecular weight is 333 g/mol. The second-order valence-electron chi connectivity index (χ2n) is 6.85. The lowest BCUT2D eigenvalue weighted by atomic mass is 9.97. The van der Waals surface area contributed by atoms with E-state index in [1.165, 1.54) is 49.6 Å². The van der Waals surface area contributed by atoms with Gasteiger partial charge in [-0.3, -0.25) is 0 Å². The predicted molar refractivity (Wildman–Crippen MR) is 111 cm³/mol. The molecule has 0 saturated heterocycles. The van der Waals surface area contributed by atoms with Crippen molar-refractivity contribution in [2.24, 2.45) is 0 Å². The van der Waals surface area contributed by atoms with E-state index >= 15 is 0 Å². The van der Waals surface area contributed by atoms with Gasteiger partial charge in [0, 0.05) is 21.8 Å². The fourth-order valence-corrected chi connectivity index (χ4v) is 3.74. The fraction of sp³-hybridized carbons (Fsp3) is 0.0400. The van der Waals surface area contributed by atoms with E-state index in [9.17, 15) is 0 Å². The van der Waals surface area contributed by atoms with Gasteiger partial charge in [0.05, 0.1) is 0 Å². The van der Waals surface area contributed by atoms with Crippen molar-refractivity contribution in [3.63, 3.8) is 0 Å². The van der Waals surface area contributed by atoms with Gasteiger partial charge in [0.1, 0.15) is 0 Å². The standard InChI is InChI=1S/C25H19N/c1-17-10-12-19(13-11-17)21-8-5-9-24-25(21)22-16-20(14-15-23(22)26-24)18-6-3-2-4-7-18/h2-16,26H,1H3. The second-order valence-corrected chi connectivity index (χ2v) is 6.85. The summed E-state index contributed by atoms with van der Waals surface area (Å²) in [5.41, 5.74) is 8.68. The van der Waals surface area contributed by atoms with Crippen LogP contribution in [-0.2, 0) is 0 Å². The molecule has 1 aromatic heterocycles. The maximum absolute atomic E-state index is 3.58. The number of benzene rings is 4. The minimum absolute atomic E-state index is 1.18. The van der Waals surface area contributed by atoms with Crippen LogP contribution in [0.15, 0.2) is 91.0 Å². The van der Waals surface area contributed by atoms with Crippen LogP contribution >= 0.6 is 0 Å². The molecule has 1 N–H and O–H groups in total. The first-order valence-corrected chi connectivity index (χ1v) is 8.96. The minimum Gasteiger partial charge on any atom is -0.354 e. The zero-order chi connectivity index (χ0) is 17.5. The number of hydrogen-bond donors (Lipinski definition) is 1. The van der Waals surface area contributed by atoms with Gasteiger partial charge in [0.2, 0.25) is 0 Å². The van der Waals surface area contributed by atoms with Gasteiger partial charge in [-0.15, -0.1) is 0 Å². The number of hydrogen-bond acceptors (Lipinski definition) is 0. The summed E-state index contributed by atoms with van der Waals surface area (Å²) in [6.45, 7) is 2.13. The number of fused-ring (bicyclic) bond motifs is 3. The molecule has 26 heavy (non-hydrogen) atoms. The second kappa shape index (κ2) is 5.89. The number of nitrogens with one attached hydrogen (secondary N) is 1. The van der Waals surface area contributed by atoms with Gasteiger partial charge in [0.25, 0.3) is 0 Å². The highest BCUT2D eigenvalue weighted by Gasteiger charge is 2.11. The molecule has 0 aliphatic carbocycles. The molecule has 4 aromatic carbocycles. The highest BCUT2D eigenvalue weighted by molar-refractivity contribution is 6.15. The largest absolute Gasteiger partial charge is 0.354 e. The van der Waals surface area contributed by atoms with Crippen LogP contribution in [0.5, 0.6) is 0 Å². The number of aromatic nitrogens is 1. The first-order chi connectivity index (χ1) is 12.8. The molecule has 1 heterocycles. The Hall–Kier alpha value is -3.32. The van der Waals surface area contributed by atoms with E-state index in [-0.39, 0.29) is 0 Å². The molecule has 0 spiro atoms. The van der Waals surface area contributed by atoms with Gasteiger partial charge in [0.15, 0.2) is 0 Å². The summed E-state index contributed by atoms with van der Waals surface area (Å²) >= 11 is 0. The lowest BCUT2D eigenvalue weighted by molar-refractivity contribution is 1.47. The lowest BCUT2D eigenvalue weighted by Crippen LogP contribution is -1.81. The third-order valence-corrected chi connectivity index (χ3v) is 5.09. The van der Waals surface area contributed by atoms with Gasteiger partial charge >= 0.3 is 0 Å². The Morgan fingerprint density at radius 3 is 2.15 bits per heavy atom. The molecule has 0 aliphatic rings. The average Bonchev–Trinajstić information content (AvgIpc) is 3.07. The molecule has 5 aromatic rings. The monoisotopic (exact) mass is 333 g/mol. The smallest absolute Gasteiger partial charge is 0.0471 e. The molecule has 0 bridgehead atoms. The van der Waals surface area contributed by atoms with Crippen molar-refractivity contribution in [3.8, 4) is 22.3 Å². The molecular weight excluding hydrogens is 314 g/mol. The van der Waals surface area contributed by atoms with E-state index in [2.05, 4.69) is 103 Å². The normalized spacial score (nSPS) is 11.3. The van der Waals surface area contributed by atoms with Crippen molar-refractivity contribution >= 4 is 21.8 Å². The molecule has 0 atom stereocenters. The maximum atomic E-state index is 3.58. The zero-order valence-corrected chi connectivity index (χ0v) is 14.7. The SMILES string of the molecule is Cc1ccc(-c2cccc3[nH]c4ccc(-c5ccccc5)cc4c23)cc1. The van der Waals surface area contributed by atoms with Crippen molar-refractivity contribution < 1.29 is 0 Å². The molecule has 0 saturated carbocycles. The highest BCUT2D eigenvalue weighted by Crippen LogP contribution is 2.36. The van der Waals surface area contributed by atoms with Gasteiger partial charge < -0.3 is 4.98 Å². The topological polar surface area (TPSA) is 15.8 Å². The van der Waals surface area contributed by atoms with Crippen molar-refractivity contribution in [2.75, 3.05) is 0 Å². The minimum atomic E-state index is 1.18. The molecule has 0 radical (unpaired) electrons. The molecule has 0 aliphatic heterocycles. The summed E-state index contributed by atoms with van der Waals surface area (Å²) < 4.78 is 0. The fourth-order valence-electron chi connectivity index (χ4n) is 3.74. The number of H-pyrrole nitrogens is 1. The molecule has 1 heteroatoms. The Kier molecular flexibility index (Phi) is 3.39. The van der Waals surface area contributed by atoms with Crippen molar-refractivity contribution in [2.45, 2.75) is 6.92 Å². The molecule has 0 fully saturated rings. The number of aryl methyl sites for hydroxylation is 1. The number of rotatable bonds is 2.